The van der Waals surface area contributed by atoms with Crippen molar-refractivity contribution in [1.29, 1.82) is 0 Å². The van der Waals surface area contributed by atoms with Crippen LogP contribution in [-0.2, 0) is 28.8 Å². The van der Waals surface area contributed by atoms with Gasteiger partial charge in [0.2, 0.25) is 5.89 Å². The molecule has 5 rings (SSSR count). The van der Waals surface area contributed by atoms with E-state index in [9.17, 15) is 14.7 Å². The Morgan fingerprint density at radius 2 is 1.91 bits per heavy atom. The molecule has 1 amide bonds. The van der Waals surface area contributed by atoms with E-state index >= 15 is 0 Å². The van der Waals surface area contributed by atoms with E-state index in [2.05, 4.69) is 14.7 Å². The highest BCUT2D eigenvalue weighted by molar-refractivity contribution is 5.95. The maximum absolute atomic E-state index is 12.5. The molecule has 0 spiro atoms. The van der Waals surface area contributed by atoms with Gasteiger partial charge in [0.05, 0.1) is 29.7 Å². The predicted octanol–water partition coefficient (Wildman–Crippen LogP) is 4.24. The fraction of sp³-hybridized carbons (Fsp3) is 0.560. The number of carboxylic acids is 1. The molecule has 1 aliphatic carbocycles. The molecule has 1 saturated carbocycles. The average molecular weight is 482 g/mol. The minimum atomic E-state index is -0.711. The van der Waals surface area contributed by atoms with Crippen molar-refractivity contribution in [1.82, 2.24) is 19.7 Å². The SMILES string of the molecule is COC(=O)N1c2ccc3c(nc(CCc4nc(C)no4)n3[C@H]3CC[C@H](C(=O)O)CC3)c2CC[C@@H]1C. The summed E-state index contributed by atoms with van der Waals surface area (Å²) in [7, 11) is 1.40. The normalized spacial score (nSPS) is 22.3. The number of carboxylic acid groups (broad SMARTS) is 1. The van der Waals surface area contributed by atoms with Crippen LogP contribution >= 0.6 is 0 Å². The number of carbonyl (C=O) groups excluding carboxylic acids is 1. The summed E-state index contributed by atoms with van der Waals surface area (Å²) in [6, 6.07) is 4.25. The van der Waals surface area contributed by atoms with Crippen LogP contribution < -0.4 is 4.90 Å². The number of aliphatic carboxylic acids is 1. The average Bonchev–Trinajstić information content (AvgIpc) is 3.45. The van der Waals surface area contributed by atoms with E-state index in [1.165, 1.54) is 7.11 Å². The molecule has 10 nitrogen and oxygen atoms in total. The van der Waals surface area contributed by atoms with Crippen LogP contribution in [-0.4, -0.2) is 50.0 Å². The fourth-order valence-electron chi connectivity index (χ4n) is 5.65. The minimum Gasteiger partial charge on any atom is -0.481 e. The van der Waals surface area contributed by atoms with Crippen molar-refractivity contribution in [3.63, 3.8) is 0 Å². The van der Waals surface area contributed by atoms with Crippen molar-refractivity contribution in [2.75, 3.05) is 12.0 Å². The minimum absolute atomic E-state index is 0.0426. The number of anilines is 1. The number of fused-ring (bicyclic) bond motifs is 3. The molecule has 3 heterocycles. The van der Waals surface area contributed by atoms with Gasteiger partial charge in [-0.3, -0.25) is 9.69 Å². The van der Waals surface area contributed by atoms with Crippen LogP contribution in [0.1, 0.15) is 68.2 Å². The fourth-order valence-corrected chi connectivity index (χ4v) is 5.65. The zero-order valence-electron chi connectivity index (χ0n) is 20.4. The number of methoxy groups -OCH3 is 1. The van der Waals surface area contributed by atoms with Gasteiger partial charge in [-0.1, -0.05) is 5.16 Å². The van der Waals surface area contributed by atoms with Crippen LogP contribution in [0.3, 0.4) is 0 Å². The maximum atomic E-state index is 12.5. The smallest absolute Gasteiger partial charge is 0.414 e. The van der Waals surface area contributed by atoms with Gasteiger partial charge in [-0.05, 0) is 64.5 Å². The summed E-state index contributed by atoms with van der Waals surface area (Å²) in [4.78, 5) is 35.2. The third kappa shape index (κ3) is 4.26. The van der Waals surface area contributed by atoms with E-state index in [1.807, 2.05) is 19.1 Å². The van der Waals surface area contributed by atoms with E-state index in [0.717, 1.165) is 53.8 Å². The molecule has 35 heavy (non-hydrogen) atoms. The van der Waals surface area contributed by atoms with E-state index in [0.29, 0.717) is 37.4 Å². The lowest BCUT2D eigenvalue weighted by molar-refractivity contribution is -0.143. The molecule has 3 aromatic rings. The molecule has 0 radical (unpaired) electrons. The standard InChI is InChI=1S/C25H31N5O5/c1-14-4-9-18-19(29(14)25(33)34-3)10-11-20-23(18)27-21(12-13-22-26-15(2)28-35-22)30(20)17-7-5-16(6-8-17)24(31)32/h10-11,14,16-17H,4-9,12-13H2,1-3H3,(H,31,32)/t14-,16-,17-/m0/s1. The summed E-state index contributed by atoms with van der Waals surface area (Å²) in [5.41, 5.74) is 3.83. The molecule has 0 saturated heterocycles. The van der Waals surface area contributed by atoms with Crippen LogP contribution in [0.4, 0.5) is 10.5 Å². The Kier molecular flexibility index (Phi) is 6.21. The molecule has 2 aliphatic rings. The number of carbonyl (C=O) groups is 2. The van der Waals surface area contributed by atoms with Gasteiger partial charge in [0.25, 0.3) is 0 Å². The monoisotopic (exact) mass is 481 g/mol. The summed E-state index contributed by atoms with van der Waals surface area (Å²) in [6.07, 6.45) is 5.37. The number of nitrogens with zero attached hydrogens (tertiary/aromatic N) is 5. The lowest BCUT2D eigenvalue weighted by atomic mass is 9.85. The number of aromatic nitrogens is 4. The lowest BCUT2D eigenvalue weighted by Gasteiger charge is -2.34. The number of amides is 1. The van der Waals surface area contributed by atoms with Crippen LogP contribution in [0.5, 0.6) is 0 Å². The largest absolute Gasteiger partial charge is 0.481 e. The van der Waals surface area contributed by atoms with Crippen LogP contribution in [0.25, 0.3) is 11.0 Å². The summed E-state index contributed by atoms with van der Waals surface area (Å²) in [6.45, 7) is 3.82. The second kappa shape index (κ2) is 9.31. The molecule has 1 fully saturated rings. The molecule has 1 aromatic carbocycles. The first-order valence-corrected chi connectivity index (χ1v) is 12.3. The van der Waals surface area contributed by atoms with Gasteiger partial charge in [-0.2, -0.15) is 4.98 Å². The zero-order valence-corrected chi connectivity index (χ0v) is 20.4. The van der Waals surface area contributed by atoms with Crippen molar-refractivity contribution in [2.45, 2.75) is 77.3 Å². The van der Waals surface area contributed by atoms with Gasteiger partial charge in [-0.15, -0.1) is 0 Å². The van der Waals surface area contributed by atoms with Gasteiger partial charge < -0.3 is 18.9 Å². The van der Waals surface area contributed by atoms with E-state index in [1.54, 1.807) is 11.8 Å². The molecule has 0 bridgehead atoms. The molecule has 1 atom stereocenters. The predicted molar refractivity (Wildman–Crippen MR) is 127 cm³/mol. The molecular formula is C25H31N5O5. The first kappa shape index (κ1) is 23.3. The molecule has 0 unspecified atom stereocenters. The van der Waals surface area contributed by atoms with Crippen molar-refractivity contribution in [3.05, 3.63) is 35.2 Å². The lowest BCUT2D eigenvalue weighted by Crippen LogP contribution is -2.42. The van der Waals surface area contributed by atoms with Gasteiger partial charge in [-0.25, -0.2) is 9.78 Å². The molecule has 186 valence electrons. The number of aryl methyl sites for hydroxylation is 4. The molecule has 10 heteroatoms. The number of ether oxygens (including phenoxy) is 1. The summed E-state index contributed by atoms with van der Waals surface area (Å²) in [5.74, 6) is 1.10. The molecule has 2 aromatic heterocycles. The molecule has 1 aliphatic heterocycles. The van der Waals surface area contributed by atoms with Crippen molar-refractivity contribution in [2.24, 2.45) is 5.92 Å². The highest BCUT2D eigenvalue weighted by Crippen LogP contribution is 2.40. The third-order valence-electron chi connectivity index (χ3n) is 7.44. The van der Waals surface area contributed by atoms with E-state index in [-0.39, 0.29) is 24.1 Å². The highest BCUT2D eigenvalue weighted by Gasteiger charge is 2.33. The summed E-state index contributed by atoms with van der Waals surface area (Å²) >= 11 is 0. The van der Waals surface area contributed by atoms with Gasteiger partial charge in [0.15, 0.2) is 5.82 Å². The van der Waals surface area contributed by atoms with Crippen LogP contribution in [0.2, 0.25) is 0 Å². The topological polar surface area (TPSA) is 124 Å². The number of hydrogen-bond donors (Lipinski definition) is 1. The maximum Gasteiger partial charge on any atom is 0.414 e. The van der Waals surface area contributed by atoms with Crippen molar-refractivity contribution >= 4 is 28.8 Å². The molecule has 1 N–H and O–H groups in total. The highest BCUT2D eigenvalue weighted by atomic mass is 16.5. The van der Waals surface area contributed by atoms with Gasteiger partial charge in [0.1, 0.15) is 5.82 Å². The van der Waals surface area contributed by atoms with Crippen molar-refractivity contribution < 1.29 is 24.0 Å². The number of hydrogen-bond acceptors (Lipinski definition) is 7. The van der Waals surface area contributed by atoms with Crippen LogP contribution in [0, 0.1) is 12.8 Å². The Morgan fingerprint density at radius 1 is 1.14 bits per heavy atom. The first-order chi connectivity index (χ1) is 16.9. The number of benzene rings is 1. The second-order valence-corrected chi connectivity index (χ2v) is 9.64. The Balaban J connectivity index is 1.56. The van der Waals surface area contributed by atoms with Crippen LogP contribution in [0.15, 0.2) is 16.7 Å². The van der Waals surface area contributed by atoms with Crippen molar-refractivity contribution in [3.8, 4) is 0 Å². The van der Waals surface area contributed by atoms with Gasteiger partial charge in [0, 0.05) is 30.5 Å². The van der Waals surface area contributed by atoms with E-state index < -0.39 is 5.97 Å². The molecular weight excluding hydrogens is 450 g/mol. The summed E-state index contributed by atoms with van der Waals surface area (Å²) < 4.78 is 12.7. The first-order valence-electron chi connectivity index (χ1n) is 12.3. The Morgan fingerprint density at radius 3 is 2.57 bits per heavy atom. The number of rotatable bonds is 5. The Labute approximate surface area is 203 Å². The Bertz CT molecular complexity index is 1260. The summed E-state index contributed by atoms with van der Waals surface area (Å²) in [5, 5.41) is 13.3. The Hall–Kier alpha value is -3.43. The van der Waals surface area contributed by atoms with E-state index in [4.69, 9.17) is 14.2 Å². The third-order valence-corrected chi connectivity index (χ3v) is 7.44. The number of imidazole rings is 1. The quantitative estimate of drug-likeness (QED) is 0.574. The second-order valence-electron chi connectivity index (χ2n) is 9.64. The van der Waals surface area contributed by atoms with Gasteiger partial charge >= 0.3 is 12.1 Å². The zero-order chi connectivity index (χ0) is 24.7.